The maximum absolute atomic E-state index is 12.1. The van der Waals surface area contributed by atoms with E-state index < -0.39 is 60.1 Å². The summed E-state index contributed by atoms with van der Waals surface area (Å²) in [6.45, 7) is 8.17. The molecule has 436 valence electrons. The van der Waals surface area contributed by atoms with Crippen LogP contribution in [-0.4, -0.2) is 123 Å². The van der Waals surface area contributed by atoms with Gasteiger partial charge in [-0.15, -0.1) is 0 Å². The average Bonchev–Trinajstić information content (AvgIpc) is 4.05. The maximum atomic E-state index is 12.1. The summed E-state index contributed by atoms with van der Waals surface area (Å²) in [6, 6.07) is 0. The molecule has 4 rings (SSSR count). The zero-order valence-electron chi connectivity index (χ0n) is 46.7. The highest BCUT2D eigenvalue weighted by Gasteiger charge is 2.47. The number of Topliss-reactive ketones (excluding diaryl/α,β-unsaturated/α-hetero) is 1. The van der Waals surface area contributed by atoms with E-state index in [0.29, 0.717) is 57.8 Å². The Morgan fingerprint density at radius 1 is 0.618 bits per heavy atom. The third-order valence-electron chi connectivity index (χ3n) is 15.5. The van der Waals surface area contributed by atoms with Crippen molar-refractivity contribution in [2.24, 2.45) is 35.5 Å². The van der Waals surface area contributed by atoms with Crippen molar-refractivity contribution in [2.75, 3.05) is 0 Å². The molecule has 0 spiro atoms. The van der Waals surface area contributed by atoms with Crippen molar-refractivity contribution in [2.45, 2.75) is 262 Å². The zero-order chi connectivity index (χ0) is 56.5. The van der Waals surface area contributed by atoms with Crippen molar-refractivity contribution in [1.82, 2.24) is 0 Å². The molecule has 10 N–H and O–H groups in total. The van der Waals surface area contributed by atoms with Crippen LogP contribution in [-0.2, 0) is 23.9 Å². The summed E-state index contributed by atoms with van der Waals surface area (Å²) in [4.78, 5) is 43.6. The van der Waals surface area contributed by atoms with Gasteiger partial charge in [0.15, 0.2) is 0 Å². The van der Waals surface area contributed by atoms with Crippen LogP contribution in [0.25, 0.3) is 0 Å². The number of aliphatic hydroxyl groups is 7. The lowest BCUT2D eigenvalue weighted by Crippen LogP contribution is -2.24. The number of aliphatic hydroxyl groups excluding tert-OH is 6. The maximum Gasteiger partial charge on any atom is 0.303 e. The first-order valence-electron chi connectivity index (χ1n) is 29.3. The monoisotopic (exact) mass is 1070 g/mol. The standard InChI is InChI=1S/C21H36O5.C20H32O5.C20H34O5/c1-3-4-9-13-21(2,26)14-12-17-16(18(22)15-19(17)23)10-7-5-6-8-11-20(24)25;1-2-3-4-7-14(21)10-11-16-17-12-15(8-5-6-9-20(23)24)25-19(17)13-18(16)22;1-2-3-6-9-15(21)12-13-17-16(18(22)14-19(17)23)10-7-4-5-8-11-20(24)25/h5,7,12,14,16-19,22-23,26H,3-4,6,8-11,13,15H2,1-2H3,(H,24,25);8,10-11,14,16-19,21-22H,2-7,9,12-13H2,1H3,(H,23,24);12-13,15-17,19,21,23H,2-11,14H2,1H3,(H,24,25)/b7-5-,14-12+;11-10+,15-8-;13-12+/t16-,17-,18+,19-,21+;14-,16+,17+,18+,19-;15-,16+,17+,19+/m100/s1. The smallest absolute Gasteiger partial charge is 0.303 e. The number of hydrogen-bond acceptors (Lipinski definition) is 12. The van der Waals surface area contributed by atoms with Crippen LogP contribution >= 0.6 is 0 Å². The largest absolute Gasteiger partial charge is 0.495 e. The minimum atomic E-state index is -0.889. The van der Waals surface area contributed by atoms with E-state index in [9.17, 15) is 54.9 Å². The number of aliphatic carboxylic acids is 3. The van der Waals surface area contributed by atoms with Gasteiger partial charge in [0.1, 0.15) is 11.9 Å². The van der Waals surface area contributed by atoms with E-state index in [0.717, 1.165) is 108 Å². The van der Waals surface area contributed by atoms with Gasteiger partial charge in [-0.05, 0) is 83.1 Å². The van der Waals surface area contributed by atoms with Gasteiger partial charge in [0.05, 0.1) is 48.0 Å². The Morgan fingerprint density at radius 2 is 1.17 bits per heavy atom. The quantitative estimate of drug-likeness (QED) is 0.0209. The van der Waals surface area contributed by atoms with Gasteiger partial charge in [0, 0.05) is 74.5 Å². The Labute approximate surface area is 455 Å². The Kier molecular flexibility index (Phi) is 34.9. The van der Waals surface area contributed by atoms with Crippen molar-refractivity contribution < 1.29 is 75.0 Å². The number of carbonyl (C=O) groups excluding carboxylic acids is 1. The van der Waals surface area contributed by atoms with Crippen LogP contribution in [0.2, 0.25) is 0 Å². The van der Waals surface area contributed by atoms with E-state index in [-0.39, 0.29) is 73.1 Å². The molecule has 15 nitrogen and oxygen atoms in total. The number of rotatable bonds is 35. The molecule has 0 aromatic rings. The minimum absolute atomic E-state index is 0.0238. The van der Waals surface area contributed by atoms with Gasteiger partial charge in [-0.25, -0.2) is 0 Å². The van der Waals surface area contributed by atoms with E-state index in [1.54, 1.807) is 19.1 Å². The fourth-order valence-corrected chi connectivity index (χ4v) is 11.0. The number of carboxylic acid groups (broad SMARTS) is 3. The van der Waals surface area contributed by atoms with Gasteiger partial charge in [-0.3, -0.25) is 19.2 Å². The van der Waals surface area contributed by atoms with Crippen LogP contribution in [0.15, 0.2) is 60.4 Å². The highest BCUT2D eigenvalue weighted by atomic mass is 16.5. The van der Waals surface area contributed by atoms with Crippen LogP contribution in [0.4, 0.5) is 0 Å². The minimum Gasteiger partial charge on any atom is -0.495 e. The molecule has 76 heavy (non-hydrogen) atoms. The first-order chi connectivity index (χ1) is 36.2. The topological polar surface area (TPSA) is 280 Å². The highest BCUT2D eigenvalue weighted by Crippen LogP contribution is 2.46. The molecular weight excluding hydrogens is 973 g/mol. The molecule has 0 radical (unpaired) electrons. The molecule has 0 bridgehead atoms. The van der Waals surface area contributed by atoms with Crippen molar-refractivity contribution in [3.05, 3.63) is 60.4 Å². The lowest BCUT2D eigenvalue weighted by Gasteiger charge is -2.23. The van der Waals surface area contributed by atoms with Gasteiger partial charge in [0.25, 0.3) is 0 Å². The summed E-state index contributed by atoms with van der Waals surface area (Å²) in [6.07, 6.45) is 35.4. The molecule has 1 saturated heterocycles. The van der Waals surface area contributed by atoms with Gasteiger partial charge in [-0.2, -0.15) is 0 Å². The molecule has 0 amide bonds. The first kappa shape index (κ1) is 68.4. The Morgan fingerprint density at radius 3 is 1.78 bits per heavy atom. The van der Waals surface area contributed by atoms with Crippen LogP contribution < -0.4 is 0 Å². The van der Waals surface area contributed by atoms with E-state index >= 15 is 0 Å². The summed E-state index contributed by atoms with van der Waals surface area (Å²) in [5.74, 6) is -1.65. The lowest BCUT2D eigenvalue weighted by molar-refractivity contribution is -0.138. The van der Waals surface area contributed by atoms with Gasteiger partial charge in [0.2, 0.25) is 0 Å². The van der Waals surface area contributed by atoms with Crippen molar-refractivity contribution in [3.63, 3.8) is 0 Å². The Hall–Kier alpha value is -3.70. The number of hydrogen-bond donors (Lipinski definition) is 10. The summed E-state index contributed by atoms with van der Waals surface area (Å²) in [7, 11) is 0. The predicted molar refractivity (Wildman–Crippen MR) is 296 cm³/mol. The third-order valence-corrected chi connectivity index (χ3v) is 15.5. The summed E-state index contributed by atoms with van der Waals surface area (Å²) >= 11 is 0. The SMILES string of the molecule is CCCCC[C@H](O)/C=C/[C@@H]1[C@H]2C/C(=C/CCCC(=O)O)O[C@H]2C[C@H]1O.CCCCC[C@H](O)/C=C/[C@H]1[C@H](O)CC(=O)[C@@H]1CCCCCCC(=O)O.CCCCC[C@](C)(O)/C=C/[C@@H]1[C@@H](C/C=C\CCCC(=O)O)[C@@H](O)C[C@H]1O. The summed E-state index contributed by atoms with van der Waals surface area (Å²) in [5.41, 5.74) is -0.889. The molecular formula is C61H102O15. The predicted octanol–water partition coefficient (Wildman–Crippen LogP) is 10.3. The Balaban J connectivity index is 0.000000390. The molecule has 4 aliphatic rings. The van der Waals surface area contributed by atoms with E-state index in [1.807, 2.05) is 42.5 Å². The van der Waals surface area contributed by atoms with Gasteiger partial charge in [-0.1, -0.05) is 146 Å². The number of allylic oxidation sites excluding steroid dienone is 4. The first-order valence-corrected chi connectivity index (χ1v) is 29.3. The second kappa shape index (κ2) is 38.8. The van der Waals surface area contributed by atoms with Crippen LogP contribution in [0.3, 0.4) is 0 Å². The van der Waals surface area contributed by atoms with E-state index in [2.05, 4.69) is 20.8 Å². The molecule has 0 unspecified atom stereocenters. The number of carboxylic acids is 3. The van der Waals surface area contributed by atoms with Crippen LogP contribution in [0.1, 0.15) is 214 Å². The molecule has 0 aromatic heterocycles. The molecule has 3 aliphatic carbocycles. The van der Waals surface area contributed by atoms with Crippen molar-refractivity contribution >= 4 is 23.7 Å². The molecule has 14 atom stereocenters. The molecule has 1 heterocycles. The normalized spacial score (nSPS) is 28.4. The fourth-order valence-electron chi connectivity index (χ4n) is 11.0. The second-order valence-corrected chi connectivity index (χ2v) is 22.3. The van der Waals surface area contributed by atoms with E-state index in [4.69, 9.17) is 20.1 Å². The van der Waals surface area contributed by atoms with E-state index in [1.165, 1.54) is 0 Å². The summed E-state index contributed by atoms with van der Waals surface area (Å²) < 4.78 is 5.94. The molecule has 3 saturated carbocycles. The van der Waals surface area contributed by atoms with Gasteiger partial charge >= 0.3 is 17.9 Å². The fraction of sp³-hybridized carbons (Fsp3) is 0.770. The average molecular weight is 1080 g/mol. The number of ketones is 1. The lowest BCUT2D eigenvalue weighted by atomic mass is 9.88. The zero-order valence-corrected chi connectivity index (χ0v) is 46.7. The molecule has 4 fully saturated rings. The summed E-state index contributed by atoms with van der Waals surface area (Å²) in [5, 5.41) is 97.3. The number of fused-ring (bicyclic) bond motifs is 1. The molecule has 0 aromatic carbocycles. The number of ether oxygens (including phenoxy) is 1. The third kappa shape index (κ3) is 28.3. The molecule has 15 heteroatoms. The van der Waals surface area contributed by atoms with Gasteiger partial charge < -0.3 is 55.8 Å². The van der Waals surface area contributed by atoms with Crippen molar-refractivity contribution in [3.8, 4) is 0 Å². The van der Waals surface area contributed by atoms with Crippen molar-refractivity contribution in [1.29, 1.82) is 0 Å². The molecule has 1 aliphatic heterocycles. The Bertz CT molecular complexity index is 1790. The highest BCUT2D eigenvalue weighted by molar-refractivity contribution is 5.84. The van der Waals surface area contributed by atoms with Crippen LogP contribution in [0.5, 0.6) is 0 Å². The second-order valence-electron chi connectivity index (χ2n) is 22.3. The van der Waals surface area contributed by atoms with Crippen LogP contribution in [0, 0.1) is 35.5 Å². The number of unbranched alkanes of at least 4 members (excludes halogenated alkanes) is 11. The number of carbonyl (C=O) groups is 4.